The summed E-state index contributed by atoms with van der Waals surface area (Å²) in [5.41, 5.74) is 0. The first-order chi connectivity index (χ1) is 6.83. The van der Waals surface area contributed by atoms with Crippen LogP contribution in [0.1, 0.15) is 39.0 Å². The summed E-state index contributed by atoms with van der Waals surface area (Å²) in [5.74, 6) is 0.553. The van der Waals surface area contributed by atoms with Crippen LogP contribution >= 0.6 is 0 Å². The van der Waals surface area contributed by atoms with Gasteiger partial charge in [-0.05, 0) is 19.3 Å². The third-order valence-corrected chi connectivity index (χ3v) is 3.33. The number of esters is 1. The molecular weight excluding hydrogens is 176 g/mol. The summed E-state index contributed by atoms with van der Waals surface area (Å²) < 4.78 is 5.42. The van der Waals surface area contributed by atoms with Crippen LogP contribution < -0.4 is 0 Å². The Morgan fingerprint density at radius 3 is 3.21 bits per heavy atom. The van der Waals surface area contributed by atoms with Crippen molar-refractivity contribution in [3.05, 3.63) is 12.2 Å². The molecule has 2 nitrogen and oxygen atoms in total. The molecule has 2 aliphatic rings. The summed E-state index contributed by atoms with van der Waals surface area (Å²) >= 11 is 0. The number of fused-ring (bicyclic) bond motifs is 1. The molecule has 1 aliphatic carbocycles. The molecule has 0 unspecified atom stereocenters. The lowest BCUT2D eigenvalue weighted by Crippen LogP contribution is -2.21. The molecule has 78 valence electrons. The number of carbonyl (C=O) groups is 1. The molecule has 0 aromatic heterocycles. The van der Waals surface area contributed by atoms with Gasteiger partial charge in [-0.25, -0.2) is 0 Å². The van der Waals surface area contributed by atoms with E-state index in [0.717, 1.165) is 19.3 Å². The van der Waals surface area contributed by atoms with Crippen molar-refractivity contribution in [3.8, 4) is 0 Å². The first kappa shape index (κ1) is 9.75. The SMILES string of the molecule is CCCC[C@@H]1OC(=O)[C@@H]2C=CCC[C@H]12. The van der Waals surface area contributed by atoms with Crippen LogP contribution in [-0.4, -0.2) is 12.1 Å². The monoisotopic (exact) mass is 194 g/mol. The molecule has 0 spiro atoms. The minimum atomic E-state index is 0.00653. The van der Waals surface area contributed by atoms with Gasteiger partial charge in [0.25, 0.3) is 0 Å². The number of hydrogen-bond acceptors (Lipinski definition) is 2. The van der Waals surface area contributed by atoms with Crippen molar-refractivity contribution in [2.45, 2.75) is 45.1 Å². The first-order valence-electron chi connectivity index (χ1n) is 5.70. The Hall–Kier alpha value is -0.790. The van der Waals surface area contributed by atoms with Crippen molar-refractivity contribution < 1.29 is 9.53 Å². The van der Waals surface area contributed by atoms with Crippen LogP contribution in [-0.2, 0) is 9.53 Å². The van der Waals surface area contributed by atoms with Crippen LogP contribution in [0.4, 0.5) is 0 Å². The van der Waals surface area contributed by atoms with Gasteiger partial charge in [0.15, 0.2) is 0 Å². The zero-order valence-electron chi connectivity index (χ0n) is 8.74. The van der Waals surface area contributed by atoms with Gasteiger partial charge >= 0.3 is 5.97 Å². The van der Waals surface area contributed by atoms with Gasteiger partial charge in [-0.15, -0.1) is 0 Å². The molecule has 3 atom stereocenters. The molecule has 0 amide bonds. The van der Waals surface area contributed by atoms with Gasteiger partial charge in [0.05, 0.1) is 5.92 Å². The summed E-state index contributed by atoms with van der Waals surface area (Å²) in [4.78, 5) is 11.5. The number of carbonyl (C=O) groups excluding carboxylic acids is 1. The van der Waals surface area contributed by atoms with Crippen molar-refractivity contribution >= 4 is 5.97 Å². The van der Waals surface area contributed by atoms with Gasteiger partial charge in [0, 0.05) is 5.92 Å². The molecule has 0 aromatic rings. The second-order valence-electron chi connectivity index (χ2n) is 4.31. The maximum absolute atomic E-state index is 11.5. The predicted octanol–water partition coefficient (Wildman–Crippen LogP) is 2.68. The molecule has 0 N–H and O–H groups in total. The molecule has 1 aliphatic heterocycles. The molecule has 1 fully saturated rings. The Morgan fingerprint density at radius 1 is 1.57 bits per heavy atom. The zero-order valence-corrected chi connectivity index (χ0v) is 8.74. The molecule has 14 heavy (non-hydrogen) atoms. The lowest BCUT2D eigenvalue weighted by molar-refractivity contribution is -0.143. The zero-order chi connectivity index (χ0) is 9.97. The molecule has 2 heteroatoms. The van der Waals surface area contributed by atoms with Gasteiger partial charge < -0.3 is 4.74 Å². The highest BCUT2D eigenvalue weighted by Gasteiger charge is 2.42. The Bertz CT molecular complexity index is 245. The molecule has 1 heterocycles. The van der Waals surface area contributed by atoms with Gasteiger partial charge in [-0.3, -0.25) is 4.79 Å². The second kappa shape index (κ2) is 4.16. The fourth-order valence-electron chi connectivity index (χ4n) is 2.52. The molecule has 0 bridgehead atoms. The van der Waals surface area contributed by atoms with Gasteiger partial charge in [-0.2, -0.15) is 0 Å². The molecule has 0 radical (unpaired) electrons. The number of hydrogen-bond donors (Lipinski definition) is 0. The quantitative estimate of drug-likeness (QED) is 0.510. The van der Waals surface area contributed by atoms with Crippen LogP contribution in [0.3, 0.4) is 0 Å². The van der Waals surface area contributed by atoms with Crippen molar-refractivity contribution in [2.75, 3.05) is 0 Å². The third kappa shape index (κ3) is 1.70. The topological polar surface area (TPSA) is 26.3 Å². The standard InChI is InChI=1S/C12H18O2/c1-2-3-8-11-9-6-4-5-7-10(9)12(13)14-11/h5,7,9-11H,2-4,6,8H2,1H3/t9-,10+,11-/m0/s1. The number of ether oxygens (including phenoxy) is 1. The second-order valence-corrected chi connectivity index (χ2v) is 4.31. The lowest BCUT2D eigenvalue weighted by atomic mass is 9.81. The molecule has 2 rings (SSSR count). The van der Waals surface area contributed by atoms with Crippen LogP contribution in [0, 0.1) is 11.8 Å². The highest BCUT2D eigenvalue weighted by atomic mass is 16.6. The van der Waals surface area contributed by atoms with E-state index < -0.39 is 0 Å². The third-order valence-electron chi connectivity index (χ3n) is 3.33. The minimum Gasteiger partial charge on any atom is -0.462 e. The van der Waals surface area contributed by atoms with Crippen LogP contribution in [0.5, 0.6) is 0 Å². The highest BCUT2D eigenvalue weighted by Crippen LogP contribution is 2.38. The number of rotatable bonds is 3. The Kier molecular flexibility index (Phi) is 2.90. The summed E-state index contributed by atoms with van der Waals surface area (Å²) in [6, 6.07) is 0. The maximum atomic E-state index is 11.5. The van der Waals surface area contributed by atoms with E-state index in [9.17, 15) is 4.79 Å². The predicted molar refractivity (Wildman–Crippen MR) is 54.8 cm³/mol. The molecule has 1 saturated heterocycles. The van der Waals surface area contributed by atoms with Gasteiger partial charge in [-0.1, -0.05) is 31.9 Å². The average Bonchev–Trinajstić information content (AvgIpc) is 2.54. The van der Waals surface area contributed by atoms with Crippen molar-refractivity contribution in [1.82, 2.24) is 0 Å². The number of cyclic esters (lactones) is 1. The average molecular weight is 194 g/mol. The Balaban J connectivity index is 2.01. The number of allylic oxidation sites excluding steroid dienone is 1. The van der Waals surface area contributed by atoms with Crippen LogP contribution in [0.2, 0.25) is 0 Å². The van der Waals surface area contributed by atoms with E-state index in [0.29, 0.717) is 5.92 Å². The van der Waals surface area contributed by atoms with Gasteiger partial charge in [0.1, 0.15) is 6.10 Å². The molecular formula is C12H18O2. The summed E-state index contributed by atoms with van der Waals surface area (Å²) in [6.07, 6.45) is 10.0. The fourth-order valence-corrected chi connectivity index (χ4v) is 2.52. The Morgan fingerprint density at radius 2 is 2.43 bits per heavy atom. The van der Waals surface area contributed by atoms with E-state index in [2.05, 4.69) is 13.0 Å². The molecule has 0 saturated carbocycles. The van der Waals surface area contributed by atoms with Crippen molar-refractivity contribution in [3.63, 3.8) is 0 Å². The van der Waals surface area contributed by atoms with E-state index in [-0.39, 0.29) is 18.0 Å². The van der Waals surface area contributed by atoms with E-state index in [1.165, 1.54) is 12.8 Å². The van der Waals surface area contributed by atoms with E-state index in [4.69, 9.17) is 4.74 Å². The highest BCUT2D eigenvalue weighted by molar-refractivity contribution is 5.77. The minimum absolute atomic E-state index is 0.00653. The first-order valence-corrected chi connectivity index (χ1v) is 5.70. The fraction of sp³-hybridized carbons (Fsp3) is 0.750. The smallest absolute Gasteiger partial charge is 0.313 e. The maximum Gasteiger partial charge on any atom is 0.313 e. The Labute approximate surface area is 85.3 Å². The van der Waals surface area contributed by atoms with Gasteiger partial charge in [0.2, 0.25) is 0 Å². The van der Waals surface area contributed by atoms with Crippen molar-refractivity contribution in [2.24, 2.45) is 11.8 Å². The summed E-state index contributed by atoms with van der Waals surface area (Å²) in [7, 11) is 0. The summed E-state index contributed by atoms with van der Waals surface area (Å²) in [5, 5.41) is 0. The molecule has 0 aromatic carbocycles. The number of unbranched alkanes of at least 4 members (excludes halogenated alkanes) is 1. The summed E-state index contributed by atoms with van der Waals surface area (Å²) in [6.45, 7) is 2.18. The van der Waals surface area contributed by atoms with E-state index in [1.54, 1.807) is 0 Å². The van der Waals surface area contributed by atoms with E-state index in [1.807, 2.05) is 6.08 Å². The normalized spacial score (nSPS) is 35.5. The van der Waals surface area contributed by atoms with Crippen LogP contribution in [0.25, 0.3) is 0 Å². The largest absolute Gasteiger partial charge is 0.462 e. The van der Waals surface area contributed by atoms with Crippen LogP contribution in [0.15, 0.2) is 12.2 Å². The van der Waals surface area contributed by atoms with Crippen molar-refractivity contribution in [1.29, 1.82) is 0 Å². The lowest BCUT2D eigenvalue weighted by Gasteiger charge is -2.21. The van der Waals surface area contributed by atoms with E-state index >= 15 is 0 Å².